The molecule has 6 heteroatoms. The summed E-state index contributed by atoms with van der Waals surface area (Å²) in [4.78, 5) is 29.7. The highest BCUT2D eigenvalue weighted by Gasteiger charge is 2.45. The Hall–Kier alpha value is -3.12. The summed E-state index contributed by atoms with van der Waals surface area (Å²) in [6.45, 7) is 6.91. The minimum atomic E-state index is -0.663. The van der Waals surface area contributed by atoms with E-state index in [1.165, 1.54) is 7.11 Å². The summed E-state index contributed by atoms with van der Waals surface area (Å²) in [7, 11) is 1.54. The Morgan fingerprint density at radius 3 is 2.40 bits per heavy atom. The fraction of sp³-hybridized carbons (Fsp3) is 0.333. The maximum Gasteiger partial charge on any atom is 0.295 e. The Kier molecular flexibility index (Phi) is 6.90. The largest absolute Gasteiger partial charge is 0.507 e. The first-order chi connectivity index (χ1) is 14.5. The number of hydrogen-bond donors (Lipinski definition) is 1. The number of ether oxygens (including phenoxy) is 1. The monoisotopic (exact) mass is 408 g/mol. The van der Waals surface area contributed by atoms with Crippen LogP contribution in [0.3, 0.4) is 0 Å². The van der Waals surface area contributed by atoms with Crippen LogP contribution in [-0.4, -0.2) is 59.9 Å². The Balaban J connectivity index is 2.08. The van der Waals surface area contributed by atoms with Crippen LogP contribution >= 0.6 is 0 Å². The van der Waals surface area contributed by atoms with Crippen molar-refractivity contribution in [1.29, 1.82) is 0 Å². The van der Waals surface area contributed by atoms with Crippen molar-refractivity contribution in [3.63, 3.8) is 0 Å². The van der Waals surface area contributed by atoms with E-state index >= 15 is 0 Å². The maximum atomic E-state index is 13.0. The average molecular weight is 408 g/mol. The zero-order valence-corrected chi connectivity index (χ0v) is 17.7. The number of likely N-dealkylation sites (tertiary alicyclic amines) is 1. The smallest absolute Gasteiger partial charge is 0.295 e. The van der Waals surface area contributed by atoms with Gasteiger partial charge in [-0.15, -0.1) is 0 Å². The van der Waals surface area contributed by atoms with Crippen LogP contribution in [0.1, 0.15) is 31.0 Å². The minimum Gasteiger partial charge on any atom is -0.507 e. The van der Waals surface area contributed by atoms with Crippen LogP contribution in [0.5, 0.6) is 5.75 Å². The molecule has 158 valence electrons. The third kappa shape index (κ3) is 4.24. The molecule has 2 aromatic carbocycles. The molecule has 1 aliphatic rings. The van der Waals surface area contributed by atoms with Gasteiger partial charge < -0.3 is 19.6 Å². The molecule has 2 aromatic rings. The molecular formula is C24H28N2O4. The van der Waals surface area contributed by atoms with E-state index in [4.69, 9.17) is 4.74 Å². The number of Topliss-reactive ketones (excluding diaryl/α,β-unsaturated/α-hetero) is 1. The molecule has 1 atom stereocenters. The topological polar surface area (TPSA) is 70.1 Å². The third-order valence-electron chi connectivity index (χ3n) is 5.55. The molecule has 1 unspecified atom stereocenters. The number of likely N-dealkylation sites (N-methyl/N-ethyl adjacent to an activating group) is 1. The van der Waals surface area contributed by atoms with E-state index in [9.17, 15) is 14.7 Å². The summed E-state index contributed by atoms with van der Waals surface area (Å²) in [5, 5.41) is 11.1. The first-order valence-electron chi connectivity index (χ1n) is 10.2. The van der Waals surface area contributed by atoms with E-state index in [1.807, 2.05) is 30.3 Å². The molecule has 6 nitrogen and oxygen atoms in total. The summed E-state index contributed by atoms with van der Waals surface area (Å²) < 4.78 is 5.24. The number of benzene rings is 2. The number of aliphatic hydroxyl groups is 1. The van der Waals surface area contributed by atoms with Crippen LogP contribution in [-0.2, 0) is 9.59 Å². The molecule has 1 heterocycles. The van der Waals surface area contributed by atoms with Crippen molar-refractivity contribution in [2.24, 2.45) is 0 Å². The van der Waals surface area contributed by atoms with Crippen LogP contribution in [0.15, 0.2) is 60.2 Å². The molecule has 0 saturated carbocycles. The van der Waals surface area contributed by atoms with Gasteiger partial charge in [0.1, 0.15) is 11.5 Å². The van der Waals surface area contributed by atoms with E-state index in [1.54, 1.807) is 29.2 Å². The molecule has 1 fully saturated rings. The second-order valence-electron chi connectivity index (χ2n) is 7.16. The molecule has 1 amide bonds. The van der Waals surface area contributed by atoms with Crippen molar-refractivity contribution >= 4 is 17.4 Å². The summed E-state index contributed by atoms with van der Waals surface area (Å²) >= 11 is 0. The van der Waals surface area contributed by atoms with E-state index in [0.717, 1.165) is 18.7 Å². The van der Waals surface area contributed by atoms with Crippen molar-refractivity contribution in [3.8, 4) is 5.75 Å². The Labute approximate surface area is 177 Å². The number of carbonyl (C=O) groups is 2. The number of rotatable bonds is 8. The van der Waals surface area contributed by atoms with Crippen molar-refractivity contribution < 1.29 is 19.4 Å². The predicted octanol–water partition coefficient (Wildman–Crippen LogP) is 3.46. The molecule has 30 heavy (non-hydrogen) atoms. The SMILES string of the molecule is CCN(CC)CCN1C(=O)C(=O)C(=C(O)c2cccc(OC)c2)C1c1ccccc1. The van der Waals surface area contributed by atoms with Gasteiger partial charge in [-0.3, -0.25) is 9.59 Å². The van der Waals surface area contributed by atoms with Crippen molar-refractivity contribution in [3.05, 3.63) is 71.3 Å². The summed E-state index contributed by atoms with van der Waals surface area (Å²) in [6.07, 6.45) is 0. The number of aliphatic hydroxyl groups excluding tert-OH is 1. The van der Waals surface area contributed by atoms with Gasteiger partial charge in [0.15, 0.2) is 0 Å². The van der Waals surface area contributed by atoms with Crippen molar-refractivity contribution in [2.75, 3.05) is 33.3 Å². The molecular weight excluding hydrogens is 380 g/mol. The lowest BCUT2D eigenvalue weighted by Gasteiger charge is -2.28. The first-order valence-corrected chi connectivity index (χ1v) is 10.2. The van der Waals surface area contributed by atoms with Gasteiger partial charge in [-0.05, 0) is 30.8 Å². The van der Waals surface area contributed by atoms with Gasteiger partial charge in [0.2, 0.25) is 0 Å². The van der Waals surface area contributed by atoms with E-state index in [-0.39, 0.29) is 11.3 Å². The second kappa shape index (κ2) is 9.59. The zero-order valence-electron chi connectivity index (χ0n) is 17.7. The van der Waals surface area contributed by atoms with Crippen LogP contribution in [0.25, 0.3) is 5.76 Å². The lowest BCUT2D eigenvalue weighted by molar-refractivity contribution is -0.140. The summed E-state index contributed by atoms with van der Waals surface area (Å²) in [5.74, 6) is -0.873. The summed E-state index contributed by atoms with van der Waals surface area (Å²) in [5.41, 5.74) is 1.34. The second-order valence-corrected chi connectivity index (χ2v) is 7.16. The standard InChI is InChI=1S/C24H28N2O4/c1-4-25(5-2)14-15-26-21(17-10-7-6-8-11-17)20(23(28)24(26)29)22(27)18-12-9-13-19(16-18)30-3/h6-13,16,21,27H,4-5,14-15H2,1-3H3. The number of nitrogens with zero attached hydrogens (tertiary/aromatic N) is 2. The van der Waals surface area contributed by atoms with Gasteiger partial charge in [0.05, 0.1) is 18.7 Å². The Morgan fingerprint density at radius 2 is 1.77 bits per heavy atom. The minimum absolute atomic E-state index is 0.110. The van der Waals surface area contributed by atoms with Crippen LogP contribution in [0, 0.1) is 0 Å². The van der Waals surface area contributed by atoms with E-state index < -0.39 is 17.7 Å². The average Bonchev–Trinajstić information content (AvgIpc) is 3.04. The maximum absolute atomic E-state index is 13.0. The number of hydrogen-bond acceptors (Lipinski definition) is 5. The molecule has 0 bridgehead atoms. The quantitative estimate of drug-likeness (QED) is 0.412. The number of ketones is 1. The van der Waals surface area contributed by atoms with Gasteiger partial charge in [-0.1, -0.05) is 56.3 Å². The molecule has 1 saturated heterocycles. The zero-order chi connectivity index (χ0) is 21.7. The molecule has 3 rings (SSSR count). The van der Waals surface area contributed by atoms with E-state index in [2.05, 4.69) is 18.7 Å². The highest BCUT2D eigenvalue weighted by Crippen LogP contribution is 2.39. The molecule has 0 aromatic heterocycles. The highest BCUT2D eigenvalue weighted by atomic mass is 16.5. The Morgan fingerprint density at radius 1 is 1.07 bits per heavy atom. The predicted molar refractivity (Wildman–Crippen MR) is 116 cm³/mol. The molecule has 1 N–H and O–H groups in total. The molecule has 0 aliphatic carbocycles. The van der Waals surface area contributed by atoms with Crippen LogP contribution < -0.4 is 4.74 Å². The third-order valence-corrected chi connectivity index (χ3v) is 5.55. The van der Waals surface area contributed by atoms with Crippen LogP contribution in [0.2, 0.25) is 0 Å². The number of amides is 1. The number of methoxy groups -OCH3 is 1. The molecule has 0 spiro atoms. The van der Waals surface area contributed by atoms with Crippen molar-refractivity contribution in [1.82, 2.24) is 9.80 Å². The Bertz CT molecular complexity index is 935. The normalized spacial score (nSPS) is 18.3. The van der Waals surface area contributed by atoms with E-state index in [0.29, 0.717) is 24.4 Å². The summed E-state index contributed by atoms with van der Waals surface area (Å²) in [6, 6.07) is 15.6. The van der Waals surface area contributed by atoms with Gasteiger partial charge in [-0.25, -0.2) is 0 Å². The fourth-order valence-electron chi connectivity index (χ4n) is 3.81. The molecule has 0 radical (unpaired) electrons. The lowest BCUT2D eigenvalue weighted by atomic mass is 9.95. The highest BCUT2D eigenvalue weighted by molar-refractivity contribution is 6.46. The van der Waals surface area contributed by atoms with Gasteiger partial charge >= 0.3 is 0 Å². The first kappa shape index (κ1) is 21.6. The van der Waals surface area contributed by atoms with Gasteiger partial charge in [-0.2, -0.15) is 0 Å². The van der Waals surface area contributed by atoms with Gasteiger partial charge in [0.25, 0.3) is 11.7 Å². The van der Waals surface area contributed by atoms with Gasteiger partial charge in [0, 0.05) is 18.7 Å². The molecule has 1 aliphatic heterocycles. The fourth-order valence-corrected chi connectivity index (χ4v) is 3.81. The van der Waals surface area contributed by atoms with Crippen LogP contribution in [0.4, 0.5) is 0 Å². The number of carbonyl (C=O) groups excluding carboxylic acids is 2. The van der Waals surface area contributed by atoms with Crippen molar-refractivity contribution in [2.45, 2.75) is 19.9 Å². The lowest BCUT2D eigenvalue weighted by Crippen LogP contribution is -2.38.